The van der Waals surface area contributed by atoms with Gasteiger partial charge in [-0.3, -0.25) is 0 Å². The van der Waals surface area contributed by atoms with Gasteiger partial charge in [0.05, 0.1) is 17.2 Å². The molecule has 114 valence electrons. The van der Waals surface area contributed by atoms with Crippen molar-refractivity contribution in [2.45, 2.75) is 31.9 Å². The molecule has 0 aliphatic heterocycles. The van der Waals surface area contributed by atoms with Crippen LogP contribution < -0.4 is 5.32 Å². The zero-order chi connectivity index (χ0) is 15.6. The molecule has 0 aromatic heterocycles. The molecular weight excluding hydrogens is 288 g/mol. The van der Waals surface area contributed by atoms with Gasteiger partial charge in [-0.15, -0.1) is 0 Å². The van der Waals surface area contributed by atoms with Gasteiger partial charge in [-0.25, -0.2) is 0 Å². The Kier molecular flexibility index (Phi) is 5.04. The summed E-state index contributed by atoms with van der Waals surface area (Å²) < 4.78 is 75.4. The topological polar surface area (TPSA) is 32.3 Å². The Labute approximate surface area is 111 Å². The molecule has 0 radical (unpaired) electrons. The Morgan fingerprint density at radius 3 is 1.80 bits per heavy atom. The maximum absolute atomic E-state index is 12.6. The van der Waals surface area contributed by atoms with Crippen LogP contribution in [0.4, 0.5) is 26.3 Å². The largest absolute Gasteiger partial charge is 0.416 e. The van der Waals surface area contributed by atoms with Gasteiger partial charge in [-0.2, -0.15) is 26.3 Å². The molecule has 0 spiro atoms. The summed E-state index contributed by atoms with van der Waals surface area (Å²) in [5, 5.41) is 11.5. The zero-order valence-corrected chi connectivity index (χ0v) is 10.4. The van der Waals surface area contributed by atoms with E-state index in [0.29, 0.717) is 12.1 Å². The summed E-state index contributed by atoms with van der Waals surface area (Å²) in [4.78, 5) is 0. The van der Waals surface area contributed by atoms with E-state index in [1.54, 1.807) is 0 Å². The quantitative estimate of drug-likeness (QED) is 0.837. The van der Waals surface area contributed by atoms with Crippen LogP contribution in [-0.4, -0.2) is 17.8 Å². The Bertz CT molecular complexity index is 420. The summed E-state index contributed by atoms with van der Waals surface area (Å²) in [6.07, 6.45) is -10.4. The fraction of sp³-hybridized carbons (Fsp3) is 0.500. The van der Waals surface area contributed by atoms with Crippen LogP contribution in [0.1, 0.15) is 23.6 Å². The van der Waals surface area contributed by atoms with Gasteiger partial charge in [0.1, 0.15) is 0 Å². The molecule has 2 nitrogen and oxygen atoms in total. The molecule has 1 aromatic rings. The van der Waals surface area contributed by atoms with Crippen molar-refractivity contribution in [3.05, 3.63) is 34.9 Å². The van der Waals surface area contributed by atoms with Crippen LogP contribution in [-0.2, 0) is 18.9 Å². The fourth-order valence-corrected chi connectivity index (χ4v) is 1.55. The first kappa shape index (κ1) is 16.8. The maximum Gasteiger partial charge on any atom is 0.416 e. The average molecular weight is 301 g/mol. The monoisotopic (exact) mass is 301 g/mol. The van der Waals surface area contributed by atoms with Gasteiger partial charge in [0.2, 0.25) is 0 Å². The highest BCUT2D eigenvalue weighted by molar-refractivity contribution is 5.33. The third-order valence-electron chi connectivity index (χ3n) is 2.42. The minimum absolute atomic E-state index is 0.0671. The lowest BCUT2D eigenvalue weighted by Gasteiger charge is -2.15. The van der Waals surface area contributed by atoms with Gasteiger partial charge in [0.25, 0.3) is 0 Å². The summed E-state index contributed by atoms with van der Waals surface area (Å²) in [6.45, 7) is 1.32. The minimum atomic E-state index is -4.85. The number of alkyl halides is 6. The highest BCUT2D eigenvalue weighted by atomic mass is 19.4. The lowest BCUT2D eigenvalue weighted by Crippen LogP contribution is -2.24. The Balaban J connectivity index is 3.05. The third kappa shape index (κ3) is 5.01. The molecule has 0 heterocycles. The molecular formula is C12H13F6NO. The van der Waals surface area contributed by atoms with E-state index in [2.05, 4.69) is 5.32 Å². The van der Waals surface area contributed by atoms with Crippen molar-refractivity contribution in [1.29, 1.82) is 0 Å². The number of aliphatic hydroxyl groups excluding tert-OH is 1. The highest BCUT2D eigenvalue weighted by Gasteiger charge is 2.36. The van der Waals surface area contributed by atoms with Crippen molar-refractivity contribution >= 4 is 0 Å². The average Bonchev–Trinajstić information content (AvgIpc) is 2.25. The Hall–Kier alpha value is -1.28. The predicted molar refractivity (Wildman–Crippen MR) is 59.8 cm³/mol. The van der Waals surface area contributed by atoms with E-state index in [9.17, 15) is 26.3 Å². The number of aliphatic hydroxyl groups is 1. The van der Waals surface area contributed by atoms with E-state index in [4.69, 9.17) is 5.11 Å². The predicted octanol–water partition coefficient (Wildman–Crippen LogP) is 3.19. The molecule has 0 amide bonds. The lowest BCUT2D eigenvalue weighted by atomic mass is 10.0. The van der Waals surface area contributed by atoms with Crippen molar-refractivity contribution in [1.82, 2.24) is 5.32 Å². The van der Waals surface area contributed by atoms with Crippen LogP contribution in [0.15, 0.2) is 18.2 Å². The lowest BCUT2D eigenvalue weighted by molar-refractivity contribution is -0.143. The number of hydrogen-bond donors (Lipinski definition) is 2. The first-order chi connectivity index (χ1) is 9.00. The van der Waals surface area contributed by atoms with E-state index in [-0.39, 0.29) is 24.7 Å². The summed E-state index contributed by atoms with van der Waals surface area (Å²) in [5.74, 6) is 0. The van der Waals surface area contributed by atoms with Crippen LogP contribution in [0.2, 0.25) is 0 Å². The first-order valence-electron chi connectivity index (χ1n) is 5.67. The standard InChI is InChI=1S/C12H13F6NO/c1-7(20)5-19-6-8-2-9(11(13,14)15)4-10(3-8)12(16,17)18/h2-4,7,19-20H,5-6H2,1H3. The second-order valence-corrected chi connectivity index (χ2v) is 4.39. The second kappa shape index (κ2) is 6.01. The molecule has 1 atom stereocenters. The fourth-order valence-electron chi connectivity index (χ4n) is 1.55. The number of rotatable bonds is 4. The molecule has 0 saturated carbocycles. The molecule has 8 heteroatoms. The van der Waals surface area contributed by atoms with E-state index in [1.165, 1.54) is 6.92 Å². The van der Waals surface area contributed by atoms with Crippen molar-refractivity contribution in [3.8, 4) is 0 Å². The van der Waals surface area contributed by atoms with Crippen LogP contribution in [0.3, 0.4) is 0 Å². The minimum Gasteiger partial charge on any atom is -0.392 e. The van der Waals surface area contributed by atoms with Gasteiger partial charge < -0.3 is 10.4 Å². The van der Waals surface area contributed by atoms with Crippen LogP contribution in [0.5, 0.6) is 0 Å². The molecule has 1 rings (SSSR count). The molecule has 0 fully saturated rings. The molecule has 1 unspecified atom stereocenters. The number of hydrogen-bond acceptors (Lipinski definition) is 2. The van der Waals surface area contributed by atoms with Crippen molar-refractivity contribution in [2.75, 3.05) is 6.54 Å². The van der Waals surface area contributed by atoms with Crippen LogP contribution in [0.25, 0.3) is 0 Å². The highest BCUT2D eigenvalue weighted by Crippen LogP contribution is 2.36. The van der Waals surface area contributed by atoms with Crippen LogP contribution >= 0.6 is 0 Å². The Morgan fingerprint density at radius 2 is 1.45 bits per heavy atom. The van der Waals surface area contributed by atoms with Crippen molar-refractivity contribution in [3.63, 3.8) is 0 Å². The Morgan fingerprint density at radius 1 is 1.00 bits per heavy atom. The molecule has 1 aromatic carbocycles. The van der Waals surface area contributed by atoms with Gasteiger partial charge in [0.15, 0.2) is 0 Å². The normalized spacial score (nSPS) is 14.4. The number of benzene rings is 1. The van der Waals surface area contributed by atoms with E-state index < -0.39 is 29.6 Å². The maximum atomic E-state index is 12.6. The summed E-state index contributed by atoms with van der Waals surface area (Å²) >= 11 is 0. The summed E-state index contributed by atoms with van der Waals surface area (Å²) in [7, 11) is 0. The van der Waals surface area contributed by atoms with Gasteiger partial charge in [0, 0.05) is 13.1 Å². The van der Waals surface area contributed by atoms with E-state index in [1.807, 2.05) is 0 Å². The SMILES string of the molecule is CC(O)CNCc1cc(C(F)(F)F)cc(C(F)(F)F)c1. The summed E-state index contributed by atoms with van der Waals surface area (Å²) in [6, 6.07) is 1.40. The summed E-state index contributed by atoms with van der Waals surface area (Å²) in [5.41, 5.74) is -2.84. The molecule has 2 N–H and O–H groups in total. The molecule has 0 aliphatic rings. The van der Waals surface area contributed by atoms with Gasteiger partial charge >= 0.3 is 12.4 Å². The number of nitrogens with one attached hydrogen (secondary N) is 1. The molecule has 0 bridgehead atoms. The molecule has 0 saturated heterocycles. The van der Waals surface area contributed by atoms with Crippen LogP contribution in [0, 0.1) is 0 Å². The van der Waals surface area contributed by atoms with E-state index in [0.717, 1.165) is 0 Å². The first-order valence-corrected chi connectivity index (χ1v) is 5.67. The molecule has 0 aliphatic carbocycles. The van der Waals surface area contributed by atoms with Gasteiger partial charge in [-0.1, -0.05) is 0 Å². The zero-order valence-electron chi connectivity index (χ0n) is 10.4. The van der Waals surface area contributed by atoms with Crippen molar-refractivity contribution < 1.29 is 31.4 Å². The van der Waals surface area contributed by atoms with E-state index >= 15 is 0 Å². The smallest absolute Gasteiger partial charge is 0.392 e. The molecule has 20 heavy (non-hydrogen) atoms. The van der Waals surface area contributed by atoms with Gasteiger partial charge in [-0.05, 0) is 30.7 Å². The third-order valence-corrected chi connectivity index (χ3v) is 2.42. The number of halogens is 6. The van der Waals surface area contributed by atoms with Crippen molar-refractivity contribution in [2.24, 2.45) is 0 Å². The second-order valence-electron chi connectivity index (χ2n) is 4.39.